The molecule has 0 radical (unpaired) electrons. The van der Waals surface area contributed by atoms with Gasteiger partial charge >= 0.3 is 0 Å². The zero-order valence-electron chi connectivity index (χ0n) is 13.9. The van der Waals surface area contributed by atoms with Gasteiger partial charge in [-0.15, -0.1) is 0 Å². The highest BCUT2D eigenvalue weighted by Gasteiger charge is 2.18. The van der Waals surface area contributed by atoms with Gasteiger partial charge in [-0.1, -0.05) is 24.3 Å². The highest BCUT2D eigenvalue weighted by Crippen LogP contribution is 2.18. The van der Waals surface area contributed by atoms with E-state index in [4.69, 9.17) is 4.74 Å². The molecule has 6 heteroatoms. The van der Waals surface area contributed by atoms with Crippen molar-refractivity contribution in [1.29, 1.82) is 0 Å². The van der Waals surface area contributed by atoms with Crippen LogP contribution < -0.4 is 10.1 Å². The Bertz CT molecular complexity index is 811. The van der Waals surface area contributed by atoms with Crippen LogP contribution in [0.4, 0.5) is 0 Å². The van der Waals surface area contributed by atoms with Crippen LogP contribution in [0, 0.1) is 0 Å². The molecule has 5 nitrogen and oxygen atoms in total. The molecule has 0 aliphatic rings. The first kappa shape index (κ1) is 18.0. The van der Waals surface area contributed by atoms with E-state index in [9.17, 15) is 13.2 Å². The van der Waals surface area contributed by atoms with Crippen molar-refractivity contribution in [3.05, 3.63) is 59.7 Å². The lowest BCUT2D eigenvalue weighted by Gasteiger charge is -2.10. The molecular weight excluding hydrogens is 326 g/mol. The summed E-state index contributed by atoms with van der Waals surface area (Å²) in [6, 6.07) is 13.5. The number of carbonyl (C=O) groups is 1. The first-order chi connectivity index (χ1) is 11.4. The van der Waals surface area contributed by atoms with Gasteiger partial charge in [0.25, 0.3) is 5.91 Å². The minimum atomic E-state index is -3.28. The summed E-state index contributed by atoms with van der Waals surface area (Å²) in [7, 11) is -1.77. The molecule has 2 aromatic rings. The minimum absolute atomic E-state index is 0.244. The Hall–Kier alpha value is -2.34. The third-order valence-corrected chi connectivity index (χ3v) is 5.85. The second-order valence-corrected chi connectivity index (χ2v) is 8.12. The summed E-state index contributed by atoms with van der Waals surface area (Å²) in [6.07, 6.45) is 0. The van der Waals surface area contributed by atoms with E-state index in [1.54, 1.807) is 62.4 Å². The Kier molecular flexibility index (Phi) is 5.62. The van der Waals surface area contributed by atoms with E-state index in [1.165, 1.54) is 7.11 Å². The number of amides is 1. The van der Waals surface area contributed by atoms with Gasteiger partial charge in [-0.25, -0.2) is 8.42 Å². The number of sulfone groups is 1. The van der Waals surface area contributed by atoms with Gasteiger partial charge in [-0.3, -0.25) is 4.79 Å². The molecule has 1 amide bonds. The smallest absolute Gasteiger partial charge is 0.255 e. The molecular formula is C18H21NO4S. The summed E-state index contributed by atoms with van der Waals surface area (Å²) in [5, 5.41) is 2.34. The highest BCUT2D eigenvalue weighted by molar-refractivity contribution is 7.92. The lowest BCUT2D eigenvalue weighted by molar-refractivity contribution is 0.0948. The summed E-state index contributed by atoms with van der Waals surface area (Å²) < 4.78 is 29.3. The summed E-state index contributed by atoms with van der Waals surface area (Å²) in [5.41, 5.74) is 1.28. The Morgan fingerprint density at radius 1 is 1.08 bits per heavy atom. The van der Waals surface area contributed by atoms with Crippen LogP contribution in [0.15, 0.2) is 53.4 Å². The Morgan fingerprint density at radius 3 is 2.29 bits per heavy atom. The molecule has 0 atom stereocenters. The van der Waals surface area contributed by atoms with Crippen LogP contribution in [0.1, 0.15) is 29.8 Å². The van der Waals surface area contributed by atoms with Gasteiger partial charge < -0.3 is 10.1 Å². The van der Waals surface area contributed by atoms with Gasteiger partial charge in [0.1, 0.15) is 5.75 Å². The van der Waals surface area contributed by atoms with E-state index in [-0.39, 0.29) is 10.8 Å². The summed E-state index contributed by atoms with van der Waals surface area (Å²) in [5.74, 6) is 0.264. The molecule has 128 valence electrons. The van der Waals surface area contributed by atoms with Crippen LogP contribution in [-0.4, -0.2) is 26.7 Å². The molecule has 0 aliphatic heterocycles. The maximum atomic E-state index is 12.2. The van der Waals surface area contributed by atoms with Crippen molar-refractivity contribution in [2.75, 3.05) is 7.11 Å². The largest absolute Gasteiger partial charge is 0.496 e. The van der Waals surface area contributed by atoms with Gasteiger partial charge in [0.05, 0.1) is 22.8 Å². The van der Waals surface area contributed by atoms with Crippen LogP contribution in [0.2, 0.25) is 0 Å². The maximum absolute atomic E-state index is 12.2. The van der Waals surface area contributed by atoms with Gasteiger partial charge in [0, 0.05) is 6.54 Å². The molecule has 0 fully saturated rings. The van der Waals surface area contributed by atoms with E-state index in [2.05, 4.69) is 5.32 Å². The second kappa shape index (κ2) is 7.49. The van der Waals surface area contributed by atoms with Gasteiger partial charge in [0.15, 0.2) is 9.84 Å². The Balaban J connectivity index is 2.06. The third-order valence-electron chi connectivity index (χ3n) is 3.68. The second-order valence-electron chi connectivity index (χ2n) is 5.62. The predicted octanol–water partition coefficient (Wildman–Crippen LogP) is 2.81. The molecule has 2 rings (SSSR count). The van der Waals surface area contributed by atoms with Crippen LogP contribution >= 0.6 is 0 Å². The topological polar surface area (TPSA) is 72.5 Å². The van der Waals surface area contributed by atoms with E-state index in [0.29, 0.717) is 17.9 Å². The van der Waals surface area contributed by atoms with Crippen molar-refractivity contribution >= 4 is 15.7 Å². The SMILES string of the molecule is COc1ccccc1C(=O)NCc1ccc(S(=O)(=O)C(C)C)cc1. The van der Waals surface area contributed by atoms with Crippen LogP contribution in [0.3, 0.4) is 0 Å². The average molecular weight is 347 g/mol. The van der Waals surface area contributed by atoms with E-state index >= 15 is 0 Å². The number of methoxy groups -OCH3 is 1. The third kappa shape index (κ3) is 3.94. The first-order valence-electron chi connectivity index (χ1n) is 7.60. The molecule has 0 aromatic heterocycles. The molecule has 0 saturated heterocycles. The molecule has 0 spiro atoms. The molecule has 0 bridgehead atoms. The van der Waals surface area contributed by atoms with Crippen molar-refractivity contribution in [1.82, 2.24) is 5.32 Å². The summed E-state index contributed by atoms with van der Waals surface area (Å²) in [6.45, 7) is 3.60. The van der Waals surface area contributed by atoms with E-state index in [1.807, 2.05) is 0 Å². The zero-order valence-corrected chi connectivity index (χ0v) is 14.8. The molecule has 1 N–H and O–H groups in total. The van der Waals surface area contributed by atoms with E-state index < -0.39 is 15.1 Å². The number of hydrogen-bond donors (Lipinski definition) is 1. The van der Waals surface area contributed by atoms with Crippen molar-refractivity contribution in [3.63, 3.8) is 0 Å². The van der Waals surface area contributed by atoms with Crippen molar-refractivity contribution in [3.8, 4) is 5.75 Å². The predicted molar refractivity (Wildman–Crippen MR) is 92.9 cm³/mol. The van der Waals surface area contributed by atoms with E-state index in [0.717, 1.165) is 5.56 Å². The van der Waals surface area contributed by atoms with Gasteiger partial charge in [-0.05, 0) is 43.7 Å². The Labute approximate surface area is 142 Å². The van der Waals surface area contributed by atoms with Crippen molar-refractivity contribution in [2.45, 2.75) is 30.5 Å². The number of carbonyl (C=O) groups excluding carboxylic acids is 1. The highest BCUT2D eigenvalue weighted by atomic mass is 32.2. The minimum Gasteiger partial charge on any atom is -0.496 e. The van der Waals surface area contributed by atoms with Crippen LogP contribution in [0.5, 0.6) is 5.75 Å². The lowest BCUT2D eigenvalue weighted by atomic mass is 10.1. The normalized spacial score (nSPS) is 11.3. The number of ether oxygens (including phenoxy) is 1. The average Bonchev–Trinajstić information content (AvgIpc) is 2.59. The monoisotopic (exact) mass is 347 g/mol. The number of rotatable bonds is 6. The lowest BCUT2D eigenvalue weighted by Crippen LogP contribution is -2.23. The van der Waals surface area contributed by atoms with Crippen LogP contribution in [0.25, 0.3) is 0 Å². The number of hydrogen-bond acceptors (Lipinski definition) is 4. The fraction of sp³-hybridized carbons (Fsp3) is 0.278. The number of nitrogens with one attached hydrogen (secondary N) is 1. The maximum Gasteiger partial charge on any atom is 0.255 e. The Morgan fingerprint density at radius 2 is 1.71 bits per heavy atom. The first-order valence-corrected chi connectivity index (χ1v) is 9.15. The van der Waals surface area contributed by atoms with Gasteiger partial charge in [0.2, 0.25) is 0 Å². The molecule has 0 aliphatic carbocycles. The summed E-state index contributed by atoms with van der Waals surface area (Å²) >= 11 is 0. The van der Waals surface area contributed by atoms with Crippen molar-refractivity contribution in [2.24, 2.45) is 0 Å². The molecule has 2 aromatic carbocycles. The zero-order chi connectivity index (χ0) is 17.7. The molecule has 0 unspecified atom stereocenters. The quantitative estimate of drug-likeness (QED) is 0.872. The number of para-hydroxylation sites is 1. The fourth-order valence-corrected chi connectivity index (χ4v) is 3.24. The fourth-order valence-electron chi connectivity index (χ4n) is 2.18. The molecule has 0 saturated carbocycles. The van der Waals surface area contributed by atoms with Crippen LogP contribution in [-0.2, 0) is 16.4 Å². The molecule has 0 heterocycles. The molecule has 24 heavy (non-hydrogen) atoms. The van der Waals surface area contributed by atoms with Crippen molar-refractivity contribution < 1.29 is 17.9 Å². The standard InChI is InChI=1S/C18H21NO4S/c1-13(2)24(21,22)15-10-8-14(9-11-15)12-19-18(20)16-6-4-5-7-17(16)23-3/h4-11,13H,12H2,1-3H3,(H,19,20). The summed E-state index contributed by atoms with van der Waals surface area (Å²) in [4.78, 5) is 12.5. The van der Waals surface area contributed by atoms with Gasteiger partial charge in [-0.2, -0.15) is 0 Å². The number of benzene rings is 2.